The van der Waals surface area contributed by atoms with Crippen molar-refractivity contribution in [3.05, 3.63) is 206 Å². The van der Waals surface area contributed by atoms with E-state index in [1.807, 2.05) is 18.2 Å². The van der Waals surface area contributed by atoms with Gasteiger partial charge in [0, 0.05) is 65.1 Å². The number of fused-ring (bicyclic) bond motifs is 7. The molecule has 0 atom stereocenters. The van der Waals surface area contributed by atoms with Crippen LogP contribution in [0.3, 0.4) is 0 Å². The summed E-state index contributed by atoms with van der Waals surface area (Å²) < 4.78 is 9.16. The molecule has 3 aromatic heterocycles. The summed E-state index contributed by atoms with van der Waals surface area (Å²) in [5.74, 6) is 1.78. The third-order valence-corrected chi connectivity index (χ3v) is 12.6. The minimum atomic E-state index is 0.564. The summed E-state index contributed by atoms with van der Waals surface area (Å²) in [5.41, 5.74) is 9.49. The fraction of sp³-hybridized carbons (Fsp3) is 0. The van der Waals surface area contributed by atoms with Crippen molar-refractivity contribution >= 4 is 81.3 Å². The zero-order valence-corrected chi connectivity index (χ0v) is 33.6. The van der Waals surface area contributed by atoms with Crippen LogP contribution in [0.4, 0.5) is 17.1 Å². The third kappa shape index (κ3) is 6.12. The Balaban J connectivity index is 1.15. The maximum absolute atomic E-state index is 6.75. The summed E-state index contributed by atoms with van der Waals surface area (Å²) in [6.07, 6.45) is 0. The van der Waals surface area contributed by atoms with Crippen molar-refractivity contribution in [2.45, 2.75) is 0 Å². The van der Waals surface area contributed by atoms with Gasteiger partial charge in [0.15, 0.2) is 17.5 Å². The Morgan fingerprint density at radius 2 is 1.02 bits per heavy atom. The van der Waals surface area contributed by atoms with E-state index in [4.69, 9.17) is 19.4 Å². The van der Waals surface area contributed by atoms with E-state index in [-0.39, 0.29) is 0 Å². The lowest BCUT2D eigenvalue weighted by molar-refractivity contribution is 0.669. The molecule has 6 heteroatoms. The zero-order chi connectivity index (χ0) is 40.3. The predicted molar refractivity (Wildman–Crippen MR) is 254 cm³/mol. The van der Waals surface area contributed by atoms with E-state index in [0.717, 1.165) is 83.0 Å². The Morgan fingerprint density at radius 3 is 1.89 bits per heavy atom. The SMILES string of the molecule is c1ccc(-c2cccc(N(c3ccccc3)c3cc(-c4nc(-c5ccc6ccccc6c5)nc(-c5cccc6sc7ccccc7c56)n4)c4c(c3)oc3ccccc34)c2)cc1. The number of benzene rings is 9. The molecule has 286 valence electrons. The predicted octanol–water partition coefficient (Wildman–Crippen LogP) is 15.4. The highest BCUT2D eigenvalue weighted by molar-refractivity contribution is 7.25. The van der Waals surface area contributed by atoms with E-state index in [2.05, 4.69) is 193 Å². The molecule has 0 fully saturated rings. The number of furan rings is 1. The Labute approximate surface area is 355 Å². The molecule has 3 heterocycles. The lowest BCUT2D eigenvalue weighted by Crippen LogP contribution is -2.10. The van der Waals surface area contributed by atoms with Gasteiger partial charge in [-0.2, -0.15) is 0 Å². The van der Waals surface area contributed by atoms with Gasteiger partial charge in [-0.3, -0.25) is 0 Å². The summed E-state index contributed by atoms with van der Waals surface area (Å²) in [6.45, 7) is 0. The molecule has 12 aromatic rings. The maximum Gasteiger partial charge on any atom is 0.164 e. The van der Waals surface area contributed by atoms with Crippen LogP contribution in [0.25, 0.3) is 98.2 Å². The van der Waals surface area contributed by atoms with Crippen molar-refractivity contribution in [1.29, 1.82) is 0 Å². The molecule has 9 aromatic carbocycles. The van der Waals surface area contributed by atoms with Crippen LogP contribution in [-0.4, -0.2) is 15.0 Å². The molecule has 0 aliphatic carbocycles. The minimum absolute atomic E-state index is 0.564. The lowest BCUT2D eigenvalue weighted by atomic mass is 10.0. The number of anilines is 3. The molecular formula is C55H34N4OS. The lowest BCUT2D eigenvalue weighted by Gasteiger charge is -2.26. The van der Waals surface area contributed by atoms with Crippen LogP contribution in [0.1, 0.15) is 0 Å². The highest BCUT2D eigenvalue weighted by Gasteiger charge is 2.23. The second kappa shape index (κ2) is 14.4. The second-order valence-electron chi connectivity index (χ2n) is 15.2. The van der Waals surface area contributed by atoms with Crippen molar-refractivity contribution in [1.82, 2.24) is 15.0 Å². The number of para-hydroxylation sites is 2. The van der Waals surface area contributed by atoms with Gasteiger partial charge in [-0.15, -0.1) is 11.3 Å². The Bertz CT molecular complexity index is 3610. The zero-order valence-electron chi connectivity index (χ0n) is 32.7. The highest BCUT2D eigenvalue weighted by atomic mass is 32.1. The Kier molecular flexibility index (Phi) is 8.28. The smallest absolute Gasteiger partial charge is 0.164 e. The average molecular weight is 799 g/mol. The van der Waals surface area contributed by atoms with E-state index in [0.29, 0.717) is 17.5 Å². The summed E-state index contributed by atoms with van der Waals surface area (Å²) in [4.78, 5) is 18.4. The summed E-state index contributed by atoms with van der Waals surface area (Å²) in [6, 6.07) is 72.1. The fourth-order valence-electron chi connectivity index (χ4n) is 8.66. The average Bonchev–Trinajstić information content (AvgIpc) is 3.90. The normalized spacial score (nSPS) is 11.6. The second-order valence-corrected chi connectivity index (χ2v) is 16.3. The summed E-state index contributed by atoms with van der Waals surface area (Å²) >= 11 is 1.79. The highest BCUT2D eigenvalue weighted by Crippen LogP contribution is 2.45. The molecule has 0 bridgehead atoms. The van der Waals surface area contributed by atoms with E-state index < -0.39 is 0 Å². The first-order chi connectivity index (χ1) is 30.2. The standard InChI is InChI=1S/C55H34N4OS/c1-3-15-35(16-4-1)38-19-13-22-41(32-38)59(40-20-5-2-6-21-40)42-33-46(51-43-23-9-11-26-47(43)60-48(51)34-42)55-57-53(39-30-29-36-17-7-8-18-37(36)31-39)56-54(58-55)45-25-14-28-50-52(45)44-24-10-12-27-49(44)61-50/h1-34H. The van der Waals surface area contributed by atoms with Gasteiger partial charge < -0.3 is 9.32 Å². The molecule has 0 amide bonds. The van der Waals surface area contributed by atoms with Gasteiger partial charge in [-0.1, -0.05) is 146 Å². The first-order valence-corrected chi connectivity index (χ1v) is 21.2. The number of aromatic nitrogens is 3. The molecule has 5 nitrogen and oxygen atoms in total. The van der Waals surface area contributed by atoms with Gasteiger partial charge in [0.25, 0.3) is 0 Å². The molecule has 0 aliphatic rings. The first-order valence-electron chi connectivity index (χ1n) is 20.3. The van der Waals surface area contributed by atoms with Gasteiger partial charge in [-0.25, -0.2) is 15.0 Å². The number of nitrogens with zero attached hydrogens (tertiary/aromatic N) is 4. The van der Waals surface area contributed by atoms with Gasteiger partial charge >= 0.3 is 0 Å². The van der Waals surface area contributed by atoms with Gasteiger partial charge in [0.05, 0.1) is 5.69 Å². The van der Waals surface area contributed by atoms with E-state index >= 15 is 0 Å². The van der Waals surface area contributed by atoms with Crippen LogP contribution in [0, 0.1) is 0 Å². The van der Waals surface area contributed by atoms with E-state index in [1.165, 1.54) is 14.8 Å². The van der Waals surface area contributed by atoms with Crippen LogP contribution in [0.5, 0.6) is 0 Å². The Hall–Kier alpha value is -7.93. The maximum atomic E-state index is 6.75. The van der Waals surface area contributed by atoms with Crippen LogP contribution in [-0.2, 0) is 0 Å². The quantitative estimate of drug-likeness (QED) is 0.161. The molecule has 0 aliphatic heterocycles. The first kappa shape index (κ1) is 35.1. The summed E-state index contributed by atoms with van der Waals surface area (Å²) in [7, 11) is 0. The number of hydrogen-bond donors (Lipinski definition) is 0. The van der Waals surface area contributed by atoms with Crippen LogP contribution < -0.4 is 4.90 Å². The van der Waals surface area contributed by atoms with Crippen molar-refractivity contribution in [3.63, 3.8) is 0 Å². The molecule has 0 saturated heterocycles. The molecule has 0 unspecified atom stereocenters. The molecule has 0 spiro atoms. The van der Waals surface area contributed by atoms with Crippen LogP contribution in [0.15, 0.2) is 211 Å². The topological polar surface area (TPSA) is 55.1 Å². The largest absolute Gasteiger partial charge is 0.456 e. The van der Waals surface area contributed by atoms with Gasteiger partial charge in [-0.05, 0) is 76.5 Å². The van der Waals surface area contributed by atoms with Crippen LogP contribution in [0.2, 0.25) is 0 Å². The number of rotatable bonds is 7. The molecule has 12 rings (SSSR count). The molecule has 0 saturated carbocycles. The molecule has 0 N–H and O–H groups in total. The minimum Gasteiger partial charge on any atom is -0.456 e. The van der Waals surface area contributed by atoms with Crippen molar-refractivity contribution in [3.8, 4) is 45.3 Å². The number of hydrogen-bond acceptors (Lipinski definition) is 6. The molecule has 61 heavy (non-hydrogen) atoms. The molecule has 0 radical (unpaired) electrons. The summed E-state index contributed by atoms with van der Waals surface area (Å²) in [5, 5.41) is 6.56. The van der Waals surface area contributed by atoms with Crippen molar-refractivity contribution < 1.29 is 4.42 Å². The monoisotopic (exact) mass is 798 g/mol. The van der Waals surface area contributed by atoms with E-state index in [9.17, 15) is 0 Å². The van der Waals surface area contributed by atoms with Crippen molar-refractivity contribution in [2.75, 3.05) is 4.90 Å². The fourth-order valence-corrected chi connectivity index (χ4v) is 9.79. The van der Waals surface area contributed by atoms with Crippen LogP contribution >= 0.6 is 11.3 Å². The van der Waals surface area contributed by atoms with Gasteiger partial charge in [0.2, 0.25) is 0 Å². The third-order valence-electron chi connectivity index (χ3n) is 11.5. The van der Waals surface area contributed by atoms with E-state index in [1.54, 1.807) is 11.3 Å². The van der Waals surface area contributed by atoms with Crippen molar-refractivity contribution in [2.24, 2.45) is 0 Å². The molecular weight excluding hydrogens is 765 g/mol. The van der Waals surface area contributed by atoms with Gasteiger partial charge in [0.1, 0.15) is 11.2 Å². The number of thiophene rings is 1. The Morgan fingerprint density at radius 1 is 0.361 bits per heavy atom.